The molecule has 6 aromatic heterocycles. The van der Waals surface area contributed by atoms with E-state index in [-0.39, 0.29) is 21.1 Å². The number of nitrogens with zero attached hydrogens (tertiary/aromatic N) is 7. The van der Waals surface area contributed by atoms with Gasteiger partial charge in [0.05, 0.1) is 45.0 Å². The van der Waals surface area contributed by atoms with E-state index in [1.165, 1.54) is 10.8 Å². The molecule has 0 saturated heterocycles. The van der Waals surface area contributed by atoms with Crippen LogP contribution in [0.4, 0.5) is 0 Å². The number of benzene rings is 8. The van der Waals surface area contributed by atoms with Crippen LogP contribution in [0.15, 0.2) is 187 Å². The summed E-state index contributed by atoms with van der Waals surface area (Å²) in [6.45, 7) is 2.09. The standard InChI is InChI=1S/C56H33N7O2.Pt/c1-35-14-11-25-48-54(35)58-56-62(48)47-29-28-39(31-50(47)63(56)53-32-43-41-20-6-10-27-51(41)65-52(43)33-57-53)64-38-18-12-17-37(30-38)59-34-60(46-24-9-8-23-45(46)59)49-26-13-21-42-40-19-5-7-22-44(40)61(55(42)49)36-15-3-2-4-16-36;/h2-29,32-33H,1H3;/q-2;. The fraction of sp³-hybridized carbons (Fsp3) is 0.0179. The second-order valence-corrected chi connectivity index (χ2v) is 16.3. The molecule has 0 aliphatic heterocycles. The molecule has 0 amide bonds. The number of imidazole rings is 3. The van der Waals surface area contributed by atoms with E-state index in [0.29, 0.717) is 17.3 Å². The minimum Gasteiger partial charge on any atom is -0.510 e. The first-order valence-electron chi connectivity index (χ1n) is 21.5. The van der Waals surface area contributed by atoms with E-state index in [9.17, 15) is 0 Å². The number of hydrogen-bond donors (Lipinski definition) is 0. The summed E-state index contributed by atoms with van der Waals surface area (Å²) in [5, 5.41) is 4.36. The van der Waals surface area contributed by atoms with Gasteiger partial charge in [-0.05, 0) is 71.7 Å². The quantitative estimate of drug-likeness (QED) is 0.123. The summed E-state index contributed by atoms with van der Waals surface area (Å²) >= 11 is 0. The van der Waals surface area contributed by atoms with Gasteiger partial charge in [-0.1, -0.05) is 103 Å². The van der Waals surface area contributed by atoms with Gasteiger partial charge in [-0.15, -0.1) is 30.3 Å². The third kappa shape index (κ3) is 5.60. The number of pyridine rings is 1. The van der Waals surface area contributed by atoms with Gasteiger partial charge in [0, 0.05) is 59.8 Å². The van der Waals surface area contributed by atoms with Gasteiger partial charge in [0.15, 0.2) is 5.58 Å². The van der Waals surface area contributed by atoms with E-state index in [0.717, 1.165) is 94.5 Å². The van der Waals surface area contributed by atoms with Gasteiger partial charge in [-0.2, -0.15) is 12.1 Å². The fourth-order valence-electron chi connectivity index (χ4n) is 9.73. The van der Waals surface area contributed by atoms with Crippen LogP contribution in [-0.2, 0) is 21.1 Å². The molecule has 316 valence electrons. The Bertz CT molecular complexity index is 4250. The molecule has 0 saturated carbocycles. The van der Waals surface area contributed by atoms with Gasteiger partial charge in [-0.3, -0.25) is 9.13 Å². The Morgan fingerprint density at radius 1 is 0.591 bits per heavy atom. The maximum Gasteiger partial charge on any atom is 0.268 e. The number of fused-ring (bicyclic) bond motifs is 12. The fourth-order valence-corrected chi connectivity index (χ4v) is 9.73. The summed E-state index contributed by atoms with van der Waals surface area (Å²) in [6.07, 6.45) is 5.52. The van der Waals surface area contributed by atoms with E-state index < -0.39 is 0 Å². The second kappa shape index (κ2) is 14.6. The van der Waals surface area contributed by atoms with Gasteiger partial charge in [0.2, 0.25) is 5.78 Å². The van der Waals surface area contributed by atoms with E-state index in [1.807, 2.05) is 42.5 Å². The SMILES string of the molecule is Cc1cccc2c1nc1n(-c3cc4c(cn3)oc3ccccc34)c3[c-]c(Oc4[c-]c(-n5[c-][n+](-c6cccc7c8ccccc8n(-c8ccccc8)c67)c6ccccc65)ccc4)ccc3n21.[Pt]. The number of rotatable bonds is 6. The molecule has 10 heteroatoms. The Balaban J connectivity index is 0.00000435. The molecule has 0 spiro atoms. The summed E-state index contributed by atoms with van der Waals surface area (Å²) in [6, 6.07) is 67.6. The van der Waals surface area contributed by atoms with Crippen LogP contribution in [0.5, 0.6) is 11.5 Å². The van der Waals surface area contributed by atoms with Crippen molar-refractivity contribution >= 4 is 82.6 Å². The number of hydrogen-bond acceptors (Lipinski definition) is 4. The van der Waals surface area contributed by atoms with Crippen LogP contribution in [-0.4, -0.2) is 28.1 Å². The van der Waals surface area contributed by atoms with Crippen LogP contribution in [0.1, 0.15) is 5.56 Å². The molecule has 0 bridgehead atoms. The van der Waals surface area contributed by atoms with Crippen molar-refractivity contribution in [3.05, 3.63) is 206 Å². The Kier molecular flexibility index (Phi) is 8.48. The second-order valence-electron chi connectivity index (χ2n) is 16.3. The molecule has 0 fully saturated rings. The Labute approximate surface area is 390 Å². The molecule has 0 aliphatic rings. The largest absolute Gasteiger partial charge is 0.510 e. The Hall–Kier alpha value is -8.26. The van der Waals surface area contributed by atoms with Crippen molar-refractivity contribution in [2.75, 3.05) is 0 Å². The number of aromatic nitrogens is 7. The summed E-state index contributed by atoms with van der Waals surface area (Å²) in [7, 11) is 0. The van der Waals surface area contributed by atoms with Crippen molar-refractivity contribution in [2.45, 2.75) is 6.92 Å². The maximum absolute atomic E-state index is 6.67. The minimum absolute atomic E-state index is 0. The van der Waals surface area contributed by atoms with Gasteiger partial charge in [0.1, 0.15) is 11.4 Å². The Morgan fingerprint density at radius 3 is 2.24 bits per heavy atom. The zero-order chi connectivity index (χ0) is 42.8. The molecule has 14 aromatic rings. The molecule has 0 N–H and O–H groups in total. The smallest absolute Gasteiger partial charge is 0.268 e. The maximum atomic E-state index is 6.67. The van der Waals surface area contributed by atoms with Gasteiger partial charge >= 0.3 is 0 Å². The zero-order valence-corrected chi connectivity index (χ0v) is 37.4. The third-order valence-electron chi connectivity index (χ3n) is 12.6. The van der Waals surface area contributed by atoms with E-state index >= 15 is 0 Å². The van der Waals surface area contributed by atoms with E-state index in [1.54, 1.807) is 6.20 Å². The molecular weight excluding hydrogens is 998 g/mol. The molecule has 8 aromatic carbocycles. The van der Waals surface area contributed by atoms with Crippen LogP contribution in [0.2, 0.25) is 0 Å². The molecule has 6 heterocycles. The Morgan fingerprint density at radius 2 is 1.33 bits per heavy atom. The average molecular weight is 1030 g/mol. The van der Waals surface area contributed by atoms with Crippen LogP contribution in [0.3, 0.4) is 0 Å². The minimum atomic E-state index is 0. The summed E-state index contributed by atoms with van der Waals surface area (Å²) in [5.74, 6) is 2.49. The molecule has 66 heavy (non-hydrogen) atoms. The summed E-state index contributed by atoms with van der Waals surface area (Å²) in [5.41, 5.74) is 13.4. The van der Waals surface area contributed by atoms with Crippen molar-refractivity contribution in [1.82, 2.24) is 28.1 Å². The topological polar surface area (TPSA) is 71.2 Å². The number of ether oxygens (including phenoxy) is 1. The third-order valence-corrected chi connectivity index (χ3v) is 12.6. The number of aryl methyl sites for hydroxylation is 1. The first-order chi connectivity index (χ1) is 32.1. The van der Waals surface area contributed by atoms with Crippen molar-refractivity contribution < 1.29 is 34.8 Å². The molecule has 0 aliphatic carbocycles. The molecule has 0 unspecified atom stereocenters. The monoisotopic (exact) mass is 1030 g/mol. The van der Waals surface area contributed by atoms with E-state index in [4.69, 9.17) is 19.1 Å². The van der Waals surface area contributed by atoms with Crippen LogP contribution in [0.25, 0.3) is 106 Å². The molecule has 0 atom stereocenters. The molecule has 14 rings (SSSR count). The normalized spacial score (nSPS) is 11.9. The van der Waals surface area contributed by atoms with Crippen molar-refractivity contribution in [2.24, 2.45) is 0 Å². The number of furan rings is 1. The van der Waals surface area contributed by atoms with Crippen molar-refractivity contribution in [1.29, 1.82) is 0 Å². The van der Waals surface area contributed by atoms with E-state index in [2.05, 4.69) is 182 Å². The van der Waals surface area contributed by atoms with Crippen molar-refractivity contribution in [3.8, 4) is 34.4 Å². The molecular formula is C56H33N7O2Pt-2. The number of para-hydroxylation sites is 7. The molecule has 9 nitrogen and oxygen atoms in total. The average Bonchev–Trinajstić information content (AvgIpc) is 4.16. The van der Waals surface area contributed by atoms with Gasteiger partial charge in [-0.25, -0.2) is 9.97 Å². The zero-order valence-electron chi connectivity index (χ0n) is 35.1. The predicted molar refractivity (Wildman–Crippen MR) is 255 cm³/mol. The molecule has 0 radical (unpaired) electrons. The van der Waals surface area contributed by atoms with Crippen LogP contribution >= 0.6 is 0 Å². The van der Waals surface area contributed by atoms with Crippen LogP contribution in [0, 0.1) is 25.4 Å². The predicted octanol–water partition coefficient (Wildman–Crippen LogP) is 12.5. The first kappa shape index (κ1) is 38.2. The summed E-state index contributed by atoms with van der Waals surface area (Å²) in [4.78, 5) is 10.1. The van der Waals surface area contributed by atoms with Crippen LogP contribution < -0.4 is 9.30 Å². The first-order valence-corrected chi connectivity index (χ1v) is 21.5. The summed E-state index contributed by atoms with van der Waals surface area (Å²) < 4.78 is 23.6. The van der Waals surface area contributed by atoms with Crippen molar-refractivity contribution in [3.63, 3.8) is 0 Å². The van der Waals surface area contributed by atoms with Gasteiger partial charge < -0.3 is 22.7 Å². The van der Waals surface area contributed by atoms with Gasteiger partial charge in [0.25, 0.3) is 6.33 Å².